The summed E-state index contributed by atoms with van der Waals surface area (Å²) < 4.78 is 11.2. The van der Waals surface area contributed by atoms with Gasteiger partial charge in [0.2, 0.25) is 0 Å². The summed E-state index contributed by atoms with van der Waals surface area (Å²) >= 11 is 0. The zero-order valence-corrected chi connectivity index (χ0v) is 12.7. The van der Waals surface area contributed by atoms with Crippen LogP contribution in [0.1, 0.15) is 35.7 Å². The summed E-state index contributed by atoms with van der Waals surface area (Å²) in [7, 11) is 0. The van der Waals surface area contributed by atoms with Crippen molar-refractivity contribution in [1.29, 1.82) is 0 Å². The monoisotopic (exact) mass is 289 g/mol. The zero-order valence-electron chi connectivity index (χ0n) is 12.7. The highest BCUT2D eigenvalue weighted by Gasteiger charge is 2.41. The van der Waals surface area contributed by atoms with Crippen LogP contribution in [0.25, 0.3) is 0 Å². The van der Waals surface area contributed by atoms with E-state index in [1.165, 1.54) is 0 Å². The number of hydrogen-bond acceptors (Lipinski definition) is 4. The Kier molecular flexibility index (Phi) is 4.38. The van der Waals surface area contributed by atoms with Gasteiger partial charge in [-0.05, 0) is 39.8 Å². The third-order valence-corrected chi connectivity index (χ3v) is 4.50. The number of carbonyl (C=O) groups excluding carboxylic acids is 1. The maximum absolute atomic E-state index is 13.0. The molecule has 4 heteroatoms. The number of Topliss-reactive ketones (excluding diaryl/α,β-unsaturated/α-hetero) is 1. The molecule has 3 rings (SSSR count). The smallest absolute Gasteiger partial charge is 0.182 e. The number of nitrogens with zero attached hydrogens (tertiary/aromatic N) is 1. The number of hydrogen-bond donors (Lipinski definition) is 0. The van der Waals surface area contributed by atoms with E-state index in [1.54, 1.807) is 0 Å². The Morgan fingerprint density at radius 1 is 1.19 bits per heavy atom. The lowest BCUT2D eigenvalue weighted by molar-refractivity contribution is 0.0155. The van der Waals surface area contributed by atoms with Crippen LogP contribution in [0.5, 0.6) is 0 Å². The lowest BCUT2D eigenvalue weighted by Gasteiger charge is -2.31. The second kappa shape index (κ2) is 6.26. The number of benzene rings is 1. The molecule has 2 saturated heterocycles. The molecule has 0 aliphatic carbocycles. The molecule has 0 aromatic heterocycles. The summed E-state index contributed by atoms with van der Waals surface area (Å²) in [6, 6.07) is 7.59. The minimum atomic E-state index is -0.229. The summed E-state index contributed by atoms with van der Waals surface area (Å²) in [5, 5.41) is 0. The molecule has 114 valence electrons. The number of ether oxygens (including phenoxy) is 2. The van der Waals surface area contributed by atoms with Gasteiger partial charge in [0.1, 0.15) is 18.9 Å². The van der Waals surface area contributed by atoms with Crippen molar-refractivity contribution in [2.75, 3.05) is 19.9 Å². The van der Waals surface area contributed by atoms with Crippen LogP contribution in [0.2, 0.25) is 0 Å². The van der Waals surface area contributed by atoms with Crippen molar-refractivity contribution in [3.63, 3.8) is 0 Å². The molecule has 21 heavy (non-hydrogen) atoms. The van der Waals surface area contributed by atoms with Crippen molar-refractivity contribution in [2.24, 2.45) is 0 Å². The Morgan fingerprint density at radius 3 is 2.43 bits per heavy atom. The van der Waals surface area contributed by atoms with Crippen molar-refractivity contribution in [2.45, 2.75) is 44.9 Å². The Morgan fingerprint density at radius 2 is 1.86 bits per heavy atom. The van der Waals surface area contributed by atoms with Gasteiger partial charge in [0.15, 0.2) is 5.78 Å². The lowest BCUT2D eigenvalue weighted by Crippen LogP contribution is -2.50. The van der Waals surface area contributed by atoms with Gasteiger partial charge < -0.3 is 9.47 Å². The number of ketones is 1. The average molecular weight is 289 g/mol. The van der Waals surface area contributed by atoms with Gasteiger partial charge >= 0.3 is 0 Å². The molecule has 3 unspecified atom stereocenters. The van der Waals surface area contributed by atoms with Gasteiger partial charge in [-0.1, -0.05) is 29.8 Å². The van der Waals surface area contributed by atoms with Crippen LogP contribution < -0.4 is 0 Å². The maximum Gasteiger partial charge on any atom is 0.182 e. The van der Waals surface area contributed by atoms with Gasteiger partial charge in [-0.2, -0.15) is 0 Å². The van der Waals surface area contributed by atoms with Crippen LogP contribution in [0.4, 0.5) is 0 Å². The fourth-order valence-electron chi connectivity index (χ4n) is 3.23. The van der Waals surface area contributed by atoms with Crippen LogP contribution in [0.3, 0.4) is 0 Å². The summed E-state index contributed by atoms with van der Waals surface area (Å²) in [6.45, 7) is 6.24. The fourth-order valence-corrected chi connectivity index (χ4v) is 3.23. The molecule has 2 aliphatic heterocycles. The third kappa shape index (κ3) is 3.03. The zero-order chi connectivity index (χ0) is 14.8. The Balaban J connectivity index is 1.86. The minimum Gasteiger partial charge on any atom is -0.350 e. The molecule has 0 amide bonds. The maximum atomic E-state index is 13.0. The lowest BCUT2D eigenvalue weighted by atomic mass is 9.95. The normalized spacial score (nSPS) is 27.9. The SMILES string of the molecule is Cc1ccc(C(=O)C(C2OCOC2C)N2CCCC2)cc1. The standard InChI is InChI=1S/C17H23NO3/c1-12-5-7-14(8-6-12)16(19)15(18-9-3-4-10-18)17-13(2)20-11-21-17/h5-8,13,15,17H,3-4,9-11H2,1-2H3. The summed E-state index contributed by atoms with van der Waals surface area (Å²) in [5.41, 5.74) is 1.93. The van der Waals surface area contributed by atoms with Crippen molar-refractivity contribution >= 4 is 5.78 Å². The number of aryl methyl sites for hydroxylation is 1. The highest BCUT2D eigenvalue weighted by Crippen LogP contribution is 2.26. The predicted molar refractivity (Wildman–Crippen MR) is 80.4 cm³/mol. The Labute approximate surface area is 126 Å². The van der Waals surface area contributed by atoms with Crippen LogP contribution in [0.15, 0.2) is 24.3 Å². The van der Waals surface area contributed by atoms with E-state index in [9.17, 15) is 4.79 Å². The number of carbonyl (C=O) groups is 1. The molecule has 2 aliphatic rings. The van der Waals surface area contributed by atoms with Crippen LogP contribution in [0, 0.1) is 6.92 Å². The van der Waals surface area contributed by atoms with Crippen LogP contribution in [-0.4, -0.2) is 48.8 Å². The first-order valence-corrected chi connectivity index (χ1v) is 7.75. The van der Waals surface area contributed by atoms with E-state index in [0.29, 0.717) is 0 Å². The summed E-state index contributed by atoms with van der Waals surface area (Å²) in [4.78, 5) is 15.3. The van der Waals surface area contributed by atoms with E-state index in [1.807, 2.05) is 38.1 Å². The molecule has 0 spiro atoms. The summed E-state index contributed by atoms with van der Waals surface area (Å²) in [6.07, 6.45) is 2.10. The molecule has 3 atom stereocenters. The van der Waals surface area contributed by atoms with Gasteiger partial charge in [-0.15, -0.1) is 0 Å². The second-order valence-corrected chi connectivity index (χ2v) is 6.04. The molecule has 2 heterocycles. The van der Waals surface area contributed by atoms with Crippen molar-refractivity contribution in [3.05, 3.63) is 35.4 Å². The Bertz CT molecular complexity index is 493. The molecular weight excluding hydrogens is 266 g/mol. The van der Waals surface area contributed by atoms with Crippen molar-refractivity contribution in [3.8, 4) is 0 Å². The predicted octanol–water partition coefficient (Wildman–Crippen LogP) is 2.40. The molecule has 0 radical (unpaired) electrons. The largest absolute Gasteiger partial charge is 0.350 e. The molecule has 4 nitrogen and oxygen atoms in total. The first-order chi connectivity index (χ1) is 10.2. The Hall–Kier alpha value is -1.23. The van der Waals surface area contributed by atoms with Gasteiger partial charge in [0.05, 0.1) is 6.10 Å². The molecule has 2 fully saturated rings. The van der Waals surface area contributed by atoms with E-state index in [-0.39, 0.29) is 30.8 Å². The second-order valence-electron chi connectivity index (χ2n) is 6.04. The number of rotatable bonds is 4. The first-order valence-electron chi connectivity index (χ1n) is 7.75. The van der Waals surface area contributed by atoms with E-state index in [0.717, 1.165) is 37.1 Å². The minimum absolute atomic E-state index is 0.0370. The molecule has 0 bridgehead atoms. The summed E-state index contributed by atoms with van der Waals surface area (Å²) in [5.74, 6) is 0.152. The fraction of sp³-hybridized carbons (Fsp3) is 0.588. The quantitative estimate of drug-likeness (QED) is 0.798. The molecule has 0 N–H and O–H groups in total. The van der Waals surface area contributed by atoms with Gasteiger partial charge in [-0.3, -0.25) is 9.69 Å². The van der Waals surface area contributed by atoms with Crippen LogP contribution in [-0.2, 0) is 9.47 Å². The van der Waals surface area contributed by atoms with Gasteiger partial charge in [0.25, 0.3) is 0 Å². The molecule has 1 aromatic rings. The van der Waals surface area contributed by atoms with Gasteiger partial charge in [-0.25, -0.2) is 0 Å². The van der Waals surface area contributed by atoms with Crippen molar-refractivity contribution < 1.29 is 14.3 Å². The molecular formula is C17H23NO3. The average Bonchev–Trinajstić information content (AvgIpc) is 3.13. The van der Waals surface area contributed by atoms with E-state index in [2.05, 4.69) is 4.90 Å². The highest BCUT2D eigenvalue weighted by molar-refractivity contribution is 6.00. The van der Waals surface area contributed by atoms with E-state index in [4.69, 9.17) is 9.47 Å². The number of likely N-dealkylation sites (tertiary alicyclic amines) is 1. The van der Waals surface area contributed by atoms with Crippen LogP contribution >= 0.6 is 0 Å². The van der Waals surface area contributed by atoms with Crippen molar-refractivity contribution in [1.82, 2.24) is 4.90 Å². The molecule has 1 aromatic carbocycles. The van der Waals surface area contributed by atoms with E-state index >= 15 is 0 Å². The van der Waals surface area contributed by atoms with Gasteiger partial charge in [0, 0.05) is 5.56 Å². The topological polar surface area (TPSA) is 38.8 Å². The highest BCUT2D eigenvalue weighted by atomic mass is 16.7. The third-order valence-electron chi connectivity index (χ3n) is 4.50. The van der Waals surface area contributed by atoms with E-state index < -0.39 is 0 Å². The first kappa shape index (κ1) is 14.7. The molecule has 0 saturated carbocycles.